The largest absolute Gasteiger partial charge is 0.401 e. The zero-order chi connectivity index (χ0) is 29.0. The van der Waals surface area contributed by atoms with Gasteiger partial charge < -0.3 is 9.72 Å². The Labute approximate surface area is 230 Å². The topological polar surface area (TPSA) is 78.2 Å². The molecule has 1 heterocycles. The quantitative estimate of drug-likeness (QED) is 0.188. The molecule has 1 aromatic heterocycles. The minimum Gasteiger partial charge on any atom is -0.375 e. The lowest BCUT2D eigenvalue weighted by molar-refractivity contribution is -0.148. The van der Waals surface area contributed by atoms with Crippen LogP contribution in [0.5, 0.6) is 0 Å². The molecular weight excluding hydrogens is 553 g/mol. The van der Waals surface area contributed by atoms with Gasteiger partial charge in [0.2, 0.25) is 0 Å². The summed E-state index contributed by atoms with van der Waals surface area (Å²) in [5, 5.41) is 0.117. The smallest absolute Gasteiger partial charge is 0.375 e. The molecule has 0 aliphatic heterocycles. The molecule has 4 aromatic rings. The summed E-state index contributed by atoms with van der Waals surface area (Å²) in [4.78, 5) is 30.9. The molecule has 0 spiro atoms. The Hall–Kier alpha value is -3.48. The van der Waals surface area contributed by atoms with E-state index in [4.69, 9.17) is 4.74 Å². The van der Waals surface area contributed by atoms with Crippen molar-refractivity contribution in [2.45, 2.75) is 30.6 Å². The summed E-state index contributed by atoms with van der Waals surface area (Å²) in [5.41, 5.74) is 0.244. The standard InChI is InChI=1S/C28H26F5N3O3S/c1-16-10-21-24(34-27(38)35-26(21)37)25(23(16)20-9-8-18(29)11-22(20)30)40-14-19(36(2)15-28(31,32)33)13-39-12-17-6-4-3-5-7-17/h3-11,19H,12-15H2,1-2H3,(H2,34,35,37,38)/t19-/m0/s1. The number of alkyl halides is 3. The highest BCUT2D eigenvalue weighted by Gasteiger charge is 2.32. The second kappa shape index (κ2) is 12.4. The number of nitrogens with zero attached hydrogens (tertiary/aromatic N) is 1. The lowest BCUT2D eigenvalue weighted by atomic mass is 9.98. The molecule has 0 amide bonds. The number of thioether (sulfide) groups is 1. The van der Waals surface area contributed by atoms with Gasteiger partial charge >= 0.3 is 11.9 Å². The monoisotopic (exact) mass is 579 g/mol. The van der Waals surface area contributed by atoms with Gasteiger partial charge in [-0.15, -0.1) is 11.8 Å². The molecule has 0 aliphatic rings. The number of aromatic amines is 2. The van der Waals surface area contributed by atoms with Gasteiger partial charge in [-0.3, -0.25) is 14.7 Å². The van der Waals surface area contributed by atoms with Crippen molar-refractivity contribution in [1.29, 1.82) is 0 Å². The number of aryl methyl sites for hydroxylation is 1. The zero-order valence-corrected chi connectivity index (χ0v) is 22.4. The first kappa shape index (κ1) is 29.5. The van der Waals surface area contributed by atoms with Gasteiger partial charge in [0.1, 0.15) is 11.6 Å². The van der Waals surface area contributed by atoms with E-state index in [-0.39, 0.29) is 40.3 Å². The minimum atomic E-state index is -4.46. The second-order valence-electron chi connectivity index (χ2n) is 9.35. The van der Waals surface area contributed by atoms with E-state index in [0.717, 1.165) is 28.3 Å². The fourth-order valence-corrected chi connectivity index (χ4v) is 5.79. The molecule has 40 heavy (non-hydrogen) atoms. The Morgan fingerprint density at radius 2 is 1.75 bits per heavy atom. The Bertz CT molecular complexity index is 1610. The molecule has 0 saturated heterocycles. The summed E-state index contributed by atoms with van der Waals surface area (Å²) >= 11 is 1.05. The summed E-state index contributed by atoms with van der Waals surface area (Å²) in [6.07, 6.45) is -4.46. The highest BCUT2D eigenvalue weighted by molar-refractivity contribution is 7.99. The number of hydrogen-bond donors (Lipinski definition) is 2. The van der Waals surface area contributed by atoms with Gasteiger partial charge in [0.15, 0.2) is 0 Å². The molecule has 0 radical (unpaired) electrons. The average Bonchev–Trinajstić information content (AvgIpc) is 2.86. The molecule has 12 heteroatoms. The maximum atomic E-state index is 15.0. The lowest BCUT2D eigenvalue weighted by Gasteiger charge is -2.29. The summed E-state index contributed by atoms with van der Waals surface area (Å²) in [6, 6.07) is 12.9. The van der Waals surface area contributed by atoms with Crippen LogP contribution >= 0.6 is 11.8 Å². The molecule has 0 unspecified atom stereocenters. The van der Waals surface area contributed by atoms with Crippen LogP contribution in [0.15, 0.2) is 69.1 Å². The van der Waals surface area contributed by atoms with E-state index in [9.17, 15) is 31.5 Å². The SMILES string of the molecule is Cc1cc2c(=O)[nH]c(=O)[nH]c2c(SC[C@H](COCc2ccccc2)N(C)CC(F)(F)F)c1-c1ccc(F)cc1F. The number of nitrogens with one attached hydrogen (secondary N) is 2. The van der Waals surface area contributed by atoms with Crippen molar-refractivity contribution >= 4 is 22.7 Å². The number of likely N-dealkylation sites (N-methyl/N-ethyl adjacent to an activating group) is 1. The van der Waals surface area contributed by atoms with Crippen LogP contribution in [0.3, 0.4) is 0 Å². The van der Waals surface area contributed by atoms with Crippen LogP contribution in [0.1, 0.15) is 11.1 Å². The van der Waals surface area contributed by atoms with Crippen LogP contribution < -0.4 is 11.2 Å². The number of fused-ring (bicyclic) bond motifs is 1. The summed E-state index contributed by atoms with van der Waals surface area (Å²) in [6.45, 7) is 0.555. The van der Waals surface area contributed by atoms with E-state index in [0.29, 0.717) is 17.2 Å². The fourth-order valence-electron chi connectivity index (χ4n) is 4.36. The van der Waals surface area contributed by atoms with Gasteiger partial charge in [-0.2, -0.15) is 13.2 Å². The van der Waals surface area contributed by atoms with Gasteiger partial charge in [0.25, 0.3) is 5.56 Å². The van der Waals surface area contributed by atoms with Crippen LogP contribution in [0.25, 0.3) is 22.0 Å². The number of rotatable bonds is 10. The van der Waals surface area contributed by atoms with Crippen LogP contribution in [-0.4, -0.2) is 53.0 Å². The predicted octanol–water partition coefficient (Wildman–Crippen LogP) is 5.64. The number of ether oxygens (including phenoxy) is 1. The zero-order valence-electron chi connectivity index (χ0n) is 21.6. The lowest BCUT2D eigenvalue weighted by Crippen LogP contribution is -2.43. The number of aromatic nitrogens is 2. The van der Waals surface area contributed by atoms with E-state index in [2.05, 4.69) is 9.97 Å². The first-order chi connectivity index (χ1) is 18.9. The number of benzene rings is 3. The highest BCUT2D eigenvalue weighted by atomic mass is 32.2. The summed E-state index contributed by atoms with van der Waals surface area (Å²) in [7, 11) is 1.33. The van der Waals surface area contributed by atoms with E-state index in [1.807, 2.05) is 30.3 Å². The molecule has 0 aliphatic carbocycles. The van der Waals surface area contributed by atoms with Crippen LogP contribution in [0.4, 0.5) is 22.0 Å². The molecular formula is C28H26F5N3O3S. The molecule has 0 saturated carbocycles. The minimum absolute atomic E-state index is 0.0185. The molecule has 0 bridgehead atoms. The molecule has 4 rings (SSSR count). The van der Waals surface area contributed by atoms with Gasteiger partial charge in [-0.1, -0.05) is 30.3 Å². The van der Waals surface area contributed by atoms with Crippen LogP contribution in [0, 0.1) is 18.6 Å². The van der Waals surface area contributed by atoms with E-state index < -0.39 is 41.6 Å². The number of H-pyrrole nitrogens is 2. The Kier molecular flexibility index (Phi) is 9.12. The summed E-state index contributed by atoms with van der Waals surface area (Å²) in [5.74, 6) is -1.62. The third-order valence-corrected chi connectivity index (χ3v) is 7.53. The number of hydrogen-bond acceptors (Lipinski definition) is 5. The van der Waals surface area contributed by atoms with Gasteiger partial charge in [-0.05, 0) is 43.3 Å². The third kappa shape index (κ3) is 7.18. The number of halogens is 5. The first-order valence-electron chi connectivity index (χ1n) is 12.2. The fraction of sp³-hybridized carbons (Fsp3) is 0.286. The van der Waals surface area contributed by atoms with Crippen molar-refractivity contribution in [1.82, 2.24) is 14.9 Å². The van der Waals surface area contributed by atoms with E-state index >= 15 is 0 Å². The molecule has 6 nitrogen and oxygen atoms in total. The van der Waals surface area contributed by atoms with Crippen molar-refractivity contribution in [3.63, 3.8) is 0 Å². The van der Waals surface area contributed by atoms with E-state index in [1.165, 1.54) is 19.2 Å². The predicted molar refractivity (Wildman–Crippen MR) is 145 cm³/mol. The third-order valence-electron chi connectivity index (χ3n) is 6.28. The van der Waals surface area contributed by atoms with Crippen molar-refractivity contribution in [3.05, 3.63) is 98.2 Å². The van der Waals surface area contributed by atoms with Gasteiger partial charge in [-0.25, -0.2) is 13.6 Å². The normalized spacial score (nSPS) is 12.8. The Morgan fingerprint density at radius 1 is 1.02 bits per heavy atom. The molecule has 2 N–H and O–H groups in total. The Morgan fingerprint density at radius 3 is 2.42 bits per heavy atom. The Balaban J connectivity index is 1.74. The maximum absolute atomic E-state index is 15.0. The molecule has 1 atom stereocenters. The van der Waals surface area contributed by atoms with Crippen molar-refractivity contribution < 1.29 is 26.7 Å². The van der Waals surface area contributed by atoms with Crippen LogP contribution in [0.2, 0.25) is 0 Å². The summed E-state index contributed by atoms with van der Waals surface area (Å²) < 4.78 is 74.3. The first-order valence-corrected chi connectivity index (χ1v) is 13.2. The van der Waals surface area contributed by atoms with Crippen molar-refractivity contribution in [3.8, 4) is 11.1 Å². The molecule has 212 valence electrons. The van der Waals surface area contributed by atoms with Crippen molar-refractivity contribution in [2.24, 2.45) is 0 Å². The second-order valence-corrected chi connectivity index (χ2v) is 10.4. The molecule has 0 fully saturated rings. The maximum Gasteiger partial charge on any atom is 0.401 e. The highest BCUT2D eigenvalue weighted by Crippen LogP contribution is 2.40. The van der Waals surface area contributed by atoms with Gasteiger partial charge in [0, 0.05) is 33.9 Å². The van der Waals surface area contributed by atoms with Crippen molar-refractivity contribution in [2.75, 3.05) is 26.0 Å². The van der Waals surface area contributed by atoms with Crippen LogP contribution in [-0.2, 0) is 11.3 Å². The van der Waals surface area contributed by atoms with E-state index in [1.54, 1.807) is 6.92 Å². The average molecular weight is 580 g/mol. The molecule has 3 aromatic carbocycles. The van der Waals surface area contributed by atoms with Gasteiger partial charge in [0.05, 0.1) is 30.7 Å².